The van der Waals surface area contributed by atoms with Gasteiger partial charge >= 0.3 is 0 Å². The van der Waals surface area contributed by atoms with Crippen LogP contribution in [0.1, 0.15) is 38.5 Å². The molecule has 0 aromatic rings. The summed E-state index contributed by atoms with van der Waals surface area (Å²) in [7, 11) is 4.29. The molecular formula is C13H25BrN2O. The first-order chi connectivity index (χ1) is 7.66. The Bertz CT molecular complexity index is 236. The highest BCUT2D eigenvalue weighted by Gasteiger charge is 2.27. The number of hydrogen-bond donors (Lipinski definition) is 0. The average molecular weight is 305 g/mol. The Morgan fingerprint density at radius 3 is 1.71 bits per heavy atom. The molecule has 0 bridgehead atoms. The van der Waals surface area contributed by atoms with E-state index >= 15 is 0 Å². The molecule has 0 aromatic heterocycles. The zero-order valence-electron chi connectivity index (χ0n) is 11.0. The Hall–Kier alpha value is 0.0700. The van der Waals surface area contributed by atoms with Crippen LogP contribution in [-0.4, -0.2) is 54.9 Å². The molecule has 2 fully saturated rings. The number of ketones is 1. The van der Waals surface area contributed by atoms with Gasteiger partial charge in [0.1, 0.15) is 5.78 Å². The van der Waals surface area contributed by atoms with Crippen molar-refractivity contribution in [1.29, 1.82) is 0 Å². The van der Waals surface area contributed by atoms with Gasteiger partial charge in [0.2, 0.25) is 0 Å². The number of nitrogens with zero attached hydrogens (tertiary/aromatic N) is 2. The van der Waals surface area contributed by atoms with Gasteiger partial charge in [-0.3, -0.25) is 4.79 Å². The SMILES string of the molecule is Br.CN1CCC[C@@H]1CC(=O)C[C@@H]1CCCN1C. The maximum atomic E-state index is 12.0. The van der Waals surface area contributed by atoms with E-state index in [0.717, 1.165) is 12.8 Å². The van der Waals surface area contributed by atoms with Gasteiger partial charge in [-0.2, -0.15) is 0 Å². The fraction of sp³-hybridized carbons (Fsp3) is 0.923. The molecule has 17 heavy (non-hydrogen) atoms. The van der Waals surface area contributed by atoms with Gasteiger partial charge in [0.25, 0.3) is 0 Å². The van der Waals surface area contributed by atoms with Crippen molar-refractivity contribution in [3.63, 3.8) is 0 Å². The topological polar surface area (TPSA) is 23.6 Å². The third kappa shape index (κ3) is 4.04. The highest BCUT2D eigenvalue weighted by molar-refractivity contribution is 8.93. The molecule has 2 aliphatic rings. The molecule has 2 rings (SSSR count). The lowest BCUT2D eigenvalue weighted by molar-refractivity contribution is -0.120. The Labute approximate surface area is 115 Å². The van der Waals surface area contributed by atoms with Crippen LogP contribution in [0.5, 0.6) is 0 Å². The van der Waals surface area contributed by atoms with E-state index in [0.29, 0.717) is 17.9 Å². The van der Waals surface area contributed by atoms with Crippen molar-refractivity contribution >= 4 is 22.8 Å². The molecule has 2 saturated heterocycles. The summed E-state index contributed by atoms with van der Waals surface area (Å²) in [6.07, 6.45) is 6.50. The highest BCUT2D eigenvalue weighted by Crippen LogP contribution is 2.22. The lowest BCUT2D eigenvalue weighted by Gasteiger charge is -2.21. The Morgan fingerprint density at radius 1 is 1.00 bits per heavy atom. The first-order valence-corrected chi connectivity index (χ1v) is 6.59. The third-order valence-electron chi connectivity index (χ3n) is 4.27. The predicted molar refractivity (Wildman–Crippen MR) is 75.9 cm³/mol. The van der Waals surface area contributed by atoms with E-state index in [9.17, 15) is 4.79 Å². The molecule has 0 aromatic carbocycles. The van der Waals surface area contributed by atoms with Crippen LogP contribution in [0.3, 0.4) is 0 Å². The summed E-state index contributed by atoms with van der Waals surface area (Å²) in [6, 6.07) is 1.05. The van der Waals surface area contributed by atoms with Crippen LogP contribution >= 0.6 is 17.0 Å². The molecule has 100 valence electrons. The molecule has 0 aliphatic carbocycles. The van der Waals surface area contributed by atoms with Crippen molar-refractivity contribution in [3.05, 3.63) is 0 Å². The number of halogens is 1. The van der Waals surface area contributed by atoms with Crippen molar-refractivity contribution in [2.24, 2.45) is 0 Å². The van der Waals surface area contributed by atoms with Crippen LogP contribution < -0.4 is 0 Å². The van der Waals surface area contributed by atoms with Gasteiger partial charge in [0.05, 0.1) is 0 Å². The summed E-state index contributed by atoms with van der Waals surface area (Å²) in [5.74, 6) is 0.470. The lowest BCUT2D eigenvalue weighted by atomic mass is 10.0. The van der Waals surface area contributed by atoms with Gasteiger partial charge in [0, 0.05) is 24.9 Å². The van der Waals surface area contributed by atoms with E-state index in [1.54, 1.807) is 0 Å². The van der Waals surface area contributed by atoms with Crippen LogP contribution in [0.25, 0.3) is 0 Å². The van der Waals surface area contributed by atoms with Gasteiger partial charge in [0.15, 0.2) is 0 Å². The van der Waals surface area contributed by atoms with Gasteiger partial charge in [-0.15, -0.1) is 17.0 Å². The second-order valence-corrected chi connectivity index (χ2v) is 5.50. The minimum Gasteiger partial charge on any atom is -0.303 e. The smallest absolute Gasteiger partial charge is 0.136 e. The molecule has 4 heteroatoms. The number of carbonyl (C=O) groups is 1. The van der Waals surface area contributed by atoms with Crippen molar-refractivity contribution in [3.8, 4) is 0 Å². The van der Waals surface area contributed by atoms with Gasteiger partial charge in [-0.05, 0) is 52.9 Å². The van der Waals surface area contributed by atoms with Crippen molar-refractivity contribution in [2.75, 3.05) is 27.2 Å². The van der Waals surface area contributed by atoms with Crippen LogP contribution in [0.2, 0.25) is 0 Å². The molecule has 0 saturated carbocycles. The molecule has 0 N–H and O–H groups in total. The minimum absolute atomic E-state index is 0. The molecule has 0 radical (unpaired) electrons. The Morgan fingerprint density at radius 2 is 1.41 bits per heavy atom. The molecule has 3 nitrogen and oxygen atoms in total. The van der Waals surface area contributed by atoms with Crippen LogP contribution in [0.15, 0.2) is 0 Å². The van der Waals surface area contributed by atoms with Gasteiger partial charge in [-0.1, -0.05) is 0 Å². The van der Waals surface area contributed by atoms with Crippen LogP contribution in [0, 0.1) is 0 Å². The van der Waals surface area contributed by atoms with Crippen molar-refractivity contribution in [2.45, 2.75) is 50.6 Å². The number of hydrogen-bond acceptors (Lipinski definition) is 3. The zero-order valence-corrected chi connectivity index (χ0v) is 12.7. The lowest BCUT2D eigenvalue weighted by Crippen LogP contribution is -2.31. The molecular weight excluding hydrogens is 280 g/mol. The second kappa shape index (κ2) is 6.86. The Kier molecular flexibility index (Phi) is 6.10. The molecule has 0 spiro atoms. The molecule has 0 amide bonds. The van der Waals surface area contributed by atoms with Gasteiger partial charge in [-0.25, -0.2) is 0 Å². The Balaban J connectivity index is 0.00000144. The molecule has 2 heterocycles. The van der Waals surface area contributed by atoms with Gasteiger partial charge < -0.3 is 9.80 Å². The van der Waals surface area contributed by atoms with E-state index in [1.165, 1.54) is 38.8 Å². The quantitative estimate of drug-likeness (QED) is 0.795. The number of likely N-dealkylation sites (tertiary alicyclic amines) is 2. The van der Waals surface area contributed by atoms with Crippen LogP contribution in [0.4, 0.5) is 0 Å². The first-order valence-electron chi connectivity index (χ1n) is 6.59. The summed E-state index contributed by atoms with van der Waals surface area (Å²) in [4.78, 5) is 16.7. The third-order valence-corrected chi connectivity index (χ3v) is 4.27. The summed E-state index contributed by atoms with van der Waals surface area (Å²) < 4.78 is 0. The predicted octanol–water partition coefficient (Wildman–Crippen LogP) is 2.10. The zero-order chi connectivity index (χ0) is 11.5. The summed E-state index contributed by atoms with van der Waals surface area (Å²) in [5, 5.41) is 0. The van der Waals surface area contributed by atoms with E-state index in [-0.39, 0.29) is 17.0 Å². The van der Waals surface area contributed by atoms with E-state index < -0.39 is 0 Å². The summed E-state index contributed by atoms with van der Waals surface area (Å²) >= 11 is 0. The number of rotatable bonds is 4. The fourth-order valence-electron chi connectivity index (χ4n) is 3.08. The van der Waals surface area contributed by atoms with Crippen LogP contribution in [-0.2, 0) is 4.79 Å². The summed E-state index contributed by atoms with van der Waals surface area (Å²) in [5.41, 5.74) is 0. The molecule has 0 unspecified atom stereocenters. The second-order valence-electron chi connectivity index (χ2n) is 5.50. The van der Waals surface area contributed by atoms with E-state index in [2.05, 4.69) is 23.9 Å². The largest absolute Gasteiger partial charge is 0.303 e. The fourth-order valence-corrected chi connectivity index (χ4v) is 3.08. The average Bonchev–Trinajstić information content (AvgIpc) is 2.79. The molecule has 2 aliphatic heterocycles. The monoisotopic (exact) mass is 304 g/mol. The minimum atomic E-state index is 0. The van der Waals surface area contributed by atoms with Crippen molar-refractivity contribution in [1.82, 2.24) is 9.80 Å². The highest BCUT2D eigenvalue weighted by atomic mass is 79.9. The normalized spacial score (nSPS) is 30.5. The number of Topliss-reactive ketones (excluding diaryl/α,β-unsaturated/α-hetero) is 1. The summed E-state index contributed by atoms with van der Waals surface area (Å²) in [6.45, 7) is 2.34. The standard InChI is InChI=1S/C13H24N2O.BrH/c1-14-7-3-5-11(14)9-13(16)10-12-6-4-8-15(12)2;/h11-12H,3-10H2,1-2H3;1H/t11-,12+;. The number of carbonyl (C=O) groups excluding carboxylic acids is 1. The first kappa shape index (κ1) is 15.1. The van der Waals surface area contributed by atoms with E-state index in [4.69, 9.17) is 0 Å². The maximum Gasteiger partial charge on any atom is 0.136 e. The maximum absolute atomic E-state index is 12.0. The molecule has 2 atom stereocenters. The van der Waals surface area contributed by atoms with Crippen molar-refractivity contribution < 1.29 is 4.79 Å². The van der Waals surface area contributed by atoms with E-state index in [1.807, 2.05) is 0 Å².